The van der Waals surface area contributed by atoms with Crippen LogP contribution >= 0.6 is 0 Å². The van der Waals surface area contributed by atoms with Crippen LogP contribution in [0.25, 0.3) is 0 Å². The Morgan fingerprint density at radius 2 is 2.00 bits per heavy atom. The minimum absolute atomic E-state index is 0.0145. The fourth-order valence-corrected chi connectivity index (χ4v) is 2.66. The molecule has 0 saturated heterocycles. The van der Waals surface area contributed by atoms with Gasteiger partial charge in [-0.15, -0.1) is 0 Å². The average molecular weight is 255 g/mol. The van der Waals surface area contributed by atoms with Crippen LogP contribution in [0.2, 0.25) is 0 Å². The molecule has 0 bridgehead atoms. The Kier molecular flexibility index (Phi) is 6.12. The molecule has 18 heavy (non-hydrogen) atoms. The van der Waals surface area contributed by atoms with Crippen molar-refractivity contribution in [2.75, 3.05) is 6.54 Å². The van der Waals surface area contributed by atoms with Gasteiger partial charge in [0.15, 0.2) is 0 Å². The van der Waals surface area contributed by atoms with Gasteiger partial charge in [0.05, 0.1) is 5.92 Å². The molecule has 3 unspecified atom stereocenters. The SMILES string of the molecule is CC1CCCC(N)C1C(=O)NCCCCC(N)=O. The molecular weight excluding hydrogens is 230 g/mol. The molecule has 5 N–H and O–H groups in total. The lowest BCUT2D eigenvalue weighted by molar-refractivity contribution is -0.128. The summed E-state index contributed by atoms with van der Waals surface area (Å²) in [6, 6.07) is -0.0145. The number of amides is 2. The van der Waals surface area contributed by atoms with Crippen molar-refractivity contribution in [2.45, 2.75) is 51.5 Å². The monoisotopic (exact) mass is 255 g/mol. The summed E-state index contributed by atoms with van der Waals surface area (Å²) in [6.07, 6.45) is 5.02. The van der Waals surface area contributed by atoms with Crippen LogP contribution in [-0.4, -0.2) is 24.4 Å². The first-order chi connectivity index (χ1) is 8.52. The van der Waals surface area contributed by atoms with Crippen LogP contribution in [-0.2, 0) is 9.59 Å². The van der Waals surface area contributed by atoms with E-state index in [4.69, 9.17) is 11.5 Å². The van der Waals surface area contributed by atoms with Crippen LogP contribution in [0.15, 0.2) is 0 Å². The smallest absolute Gasteiger partial charge is 0.224 e. The lowest BCUT2D eigenvalue weighted by Gasteiger charge is -2.33. The van der Waals surface area contributed by atoms with E-state index >= 15 is 0 Å². The molecular formula is C13H25N3O2. The third kappa shape index (κ3) is 4.64. The second-order valence-electron chi connectivity index (χ2n) is 5.31. The Bertz CT molecular complexity index is 284. The van der Waals surface area contributed by atoms with Crippen LogP contribution in [0.1, 0.15) is 45.4 Å². The van der Waals surface area contributed by atoms with Crippen LogP contribution in [0, 0.1) is 11.8 Å². The van der Waals surface area contributed by atoms with Crippen molar-refractivity contribution in [3.05, 3.63) is 0 Å². The van der Waals surface area contributed by atoms with Gasteiger partial charge < -0.3 is 16.8 Å². The predicted octanol–water partition coefficient (Wildman–Crippen LogP) is 0.522. The highest BCUT2D eigenvalue weighted by atomic mass is 16.2. The molecule has 104 valence electrons. The molecule has 0 aliphatic heterocycles. The molecule has 0 heterocycles. The molecule has 0 radical (unpaired) electrons. The van der Waals surface area contributed by atoms with Gasteiger partial charge in [-0.1, -0.05) is 13.3 Å². The number of rotatable bonds is 6. The summed E-state index contributed by atoms with van der Waals surface area (Å²) in [6.45, 7) is 2.69. The Morgan fingerprint density at radius 3 is 2.61 bits per heavy atom. The number of hydrogen-bond donors (Lipinski definition) is 3. The number of carbonyl (C=O) groups is 2. The second-order valence-corrected chi connectivity index (χ2v) is 5.31. The van der Waals surface area contributed by atoms with Crippen LogP contribution in [0.4, 0.5) is 0 Å². The Balaban J connectivity index is 2.24. The molecule has 1 fully saturated rings. The number of primary amides is 1. The summed E-state index contributed by atoms with van der Waals surface area (Å²) < 4.78 is 0. The van der Waals surface area contributed by atoms with E-state index in [-0.39, 0.29) is 23.8 Å². The second kappa shape index (κ2) is 7.36. The van der Waals surface area contributed by atoms with E-state index < -0.39 is 0 Å². The molecule has 0 aromatic carbocycles. The lowest BCUT2D eigenvalue weighted by Crippen LogP contribution is -2.47. The lowest BCUT2D eigenvalue weighted by atomic mass is 9.76. The van der Waals surface area contributed by atoms with E-state index in [0.717, 1.165) is 32.1 Å². The Hall–Kier alpha value is -1.10. The van der Waals surface area contributed by atoms with Gasteiger partial charge in [0, 0.05) is 19.0 Å². The summed E-state index contributed by atoms with van der Waals surface area (Å²) >= 11 is 0. The van der Waals surface area contributed by atoms with E-state index in [0.29, 0.717) is 18.9 Å². The summed E-state index contributed by atoms with van der Waals surface area (Å²) in [5, 5.41) is 2.92. The van der Waals surface area contributed by atoms with Gasteiger partial charge in [-0.05, 0) is 31.6 Å². The normalized spacial score (nSPS) is 27.8. The highest BCUT2D eigenvalue weighted by Crippen LogP contribution is 2.28. The molecule has 2 amide bonds. The van der Waals surface area contributed by atoms with Gasteiger partial charge in [0.25, 0.3) is 0 Å². The van der Waals surface area contributed by atoms with E-state index in [1.807, 2.05) is 0 Å². The highest BCUT2D eigenvalue weighted by Gasteiger charge is 2.33. The van der Waals surface area contributed by atoms with Crippen molar-refractivity contribution in [1.82, 2.24) is 5.32 Å². The molecule has 5 nitrogen and oxygen atoms in total. The van der Waals surface area contributed by atoms with Gasteiger partial charge >= 0.3 is 0 Å². The fraction of sp³-hybridized carbons (Fsp3) is 0.846. The van der Waals surface area contributed by atoms with Crippen molar-refractivity contribution < 1.29 is 9.59 Å². The number of hydrogen-bond acceptors (Lipinski definition) is 3. The predicted molar refractivity (Wildman–Crippen MR) is 70.5 cm³/mol. The molecule has 1 saturated carbocycles. The number of nitrogens with two attached hydrogens (primary N) is 2. The highest BCUT2D eigenvalue weighted by molar-refractivity contribution is 5.79. The minimum Gasteiger partial charge on any atom is -0.370 e. The average Bonchev–Trinajstić information content (AvgIpc) is 2.27. The molecule has 3 atom stereocenters. The van der Waals surface area contributed by atoms with Crippen molar-refractivity contribution >= 4 is 11.8 Å². The molecule has 0 aromatic rings. The van der Waals surface area contributed by atoms with Crippen molar-refractivity contribution in [3.63, 3.8) is 0 Å². The molecule has 0 aromatic heterocycles. The largest absolute Gasteiger partial charge is 0.370 e. The van der Waals surface area contributed by atoms with E-state index in [9.17, 15) is 9.59 Å². The van der Waals surface area contributed by atoms with Gasteiger partial charge in [0.2, 0.25) is 11.8 Å². The fourth-order valence-electron chi connectivity index (χ4n) is 2.66. The van der Waals surface area contributed by atoms with Crippen LogP contribution in [0.3, 0.4) is 0 Å². The summed E-state index contributed by atoms with van der Waals surface area (Å²) in [7, 11) is 0. The zero-order chi connectivity index (χ0) is 13.5. The maximum atomic E-state index is 12.0. The van der Waals surface area contributed by atoms with E-state index in [1.165, 1.54) is 0 Å². The van der Waals surface area contributed by atoms with Crippen molar-refractivity contribution in [2.24, 2.45) is 23.3 Å². The summed E-state index contributed by atoms with van der Waals surface area (Å²) in [4.78, 5) is 22.6. The van der Waals surface area contributed by atoms with E-state index in [2.05, 4.69) is 12.2 Å². The zero-order valence-electron chi connectivity index (χ0n) is 11.2. The topological polar surface area (TPSA) is 98.2 Å². The maximum Gasteiger partial charge on any atom is 0.224 e. The summed E-state index contributed by atoms with van der Waals surface area (Å²) in [5.74, 6) is 0.0762. The van der Waals surface area contributed by atoms with Crippen molar-refractivity contribution in [1.29, 1.82) is 0 Å². The number of nitrogens with one attached hydrogen (secondary N) is 1. The molecule has 0 spiro atoms. The zero-order valence-corrected chi connectivity index (χ0v) is 11.2. The molecule has 1 aliphatic rings. The summed E-state index contributed by atoms with van der Waals surface area (Å²) in [5.41, 5.74) is 11.1. The number of carbonyl (C=O) groups excluding carboxylic acids is 2. The number of unbranched alkanes of at least 4 members (excludes halogenated alkanes) is 1. The maximum absolute atomic E-state index is 12.0. The molecule has 1 aliphatic carbocycles. The van der Waals surface area contributed by atoms with Crippen LogP contribution in [0.5, 0.6) is 0 Å². The van der Waals surface area contributed by atoms with Gasteiger partial charge in [-0.2, -0.15) is 0 Å². The first kappa shape index (κ1) is 15.0. The van der Waals surface area contributed by atoms with Crippen LogP contribution < -0.4 is 16.8 Å². The quantitative estimate of drug-likeness (QED) is 0.603. The third-order valence-corrected chi connectivity index (χ3v) is 3.72. The Morgan fingerprint density at radius 1 is 1.28 bits per heavy atom. The first-order valence-electron chi connectivity index (χ1n) is 6.84. The minimum atomic E-state index is -0.288. The Labute approximate surface area is 109 Å². The molecule has 1 rings (SSSR count). The van der Waals surface area contributed by atoms with Gasteiger partial charge in [-0.25, -0.2) is 0 Å². The van der Waals surface area contributed by atoms with Gasteiger partial charge in [0.1, 0.15) is 0 Å². The van der Waals surface area contributed by atoms with Crippen molar-refractivity contribution in [3.8, 4) is 0 Å². The first-order valence-corrected chi connectivity index (χ1v) is 6.84. The third-order valence-electron chi connectivity index (χ3n) is 3.72. The van der Waals surface area contributed by atoms with E-state index in [1.54, 1.807) is 0 Å². The standard InChI is InChI=1S/C13H25N3O2/c1-9-5-4-6-10(14)12(9)13(18)16-8-3-2-7-11(15)17/h9-10,12H,2-8,14H2,1H3,(H2,15,17)(H,16,18). The molecule has 5 heteroatoms. The van der Waals surface area contributed by atoms with Gasteiger partial charge in [-0.3, -0.25) is 9.59 Å².